The molecule has 2 heterocycles. The predicted molar refractivity (Wildman–Crippen MR) is 102 cm³/mol. The molecule has 0 aliphatic carbocycles. The molecule has 25 heavy (non-hydrogen) atoms. The zero-order valence-corrected chi connectivity index (χ0v) is 15.4. The second-order valence-corrected chi connectivity index (χ2v) is 6.72. The third-order valence-electron chi connectivity index (χ3n) is 4.87. The van der Waals surface area contributed by atoms with Crippen molar-refractivity contribution in [2.45, 2.75) is 32.9 Å². The van der Waals surface area contributed by atoms with Crippen LogP contribution in [0.1, 0.15) is 32.6 Å². The standard InChI is InChI=1S/C20H24N4O/c1-13(2)23(4)14(3)19-22-18-12-15(17-8-6-7-11-21-17)9-10-16(18)20(25)24(19)5/h6-14H,1-5H3. The first-order chi connectivity index (χ1) is 11.9. The highest BCUT2D eigenvalue weighted by atomic mass is 16.1. The minimum absolute atomic E-state index is 0.0171. The molecule has 0 aliphatic heterocycles. The Kier molecular flexibility index (Phi) is 4.68. The highest BCUT2D eigenvalue weighted by Gasteiger charge is 2.20. The van der Waals surface area contributed by atoms with Crippen molar-refractivity contribution in [2.75, 3.05) is 7.05 Å². The van der Waals surface area contributed by atoms with Gasteiger partial charge >= 0.3 is 0 Å². The second kappa shape index (κ2) is 6.76. The van der Waals surface area contributed by atoms with Crippen LogP contribution in [0.15, 0.2) is 47.4 Å². The van der Waals surface area contributed by atoms with Crippen LogP contribution in [0.4, 0.5) is 0 Å². The Balaban J connectivity index is 2.17. The molecular formula is C20H24N4O. The minimum Gasteiger partial charge on any atom is -0.298 e. The molecule has 3 aromatic rings. The molecule has 3 rings (SSSR count). The number of fused-ring (bicyclic) bond motifs is 1. The Bertz CT molecular complexity index is 947. The number of benzene rings is 1. The Morgan fingerprint density at radius 3 is 2.52 bits per heavy atom. The van der Waals surface area contributed by atoms with Crippen LogP contribution in [0.25, 0.3) is 22.2 Å². The number of nitrogens with zero attached hydrogens (tertiary/aromatic N) is 4. The summed E-state index contributed by atoms with van der Waals surface area (Å²) in [6, 6.07) is 11.9. The molecule has 0 bridgehead atoms. The van der Waals surface area contributed by atoms with Gasteiger partial charge in [-0.3, -0.25) is 19.2 Å². The summed E-state index contributed by atoms with van der Waals surface area (Å²) in [5, 5.41) is 0.630. The Morgan fingerprint density at radius 2 is 1.88 bits per heavy atom. The monoisotopic (exact) mass is 336 g/mol. The van der Waals surface area contributed by atoms with Crippen molar-refractivity contribution in [3.05, 3.63) is 58.8 Å². The lowest BCUT2D eigenvalue weighted by Crippen LogP contribution is -2.34. The maximum Gasteiger partial charge on any atom is 0.261 e. The number of hydrogen-bond acceptors (Lipinski definition) is 4. The van der Waals surface area contributed by atoms with Crippen molar-refractivity contribution in [2.24, 2.45) is 7.05 Å². The highest BCUT2D eigenvalue weighted by Crippen LogP contribution is 2.23. The first-order valence-electron chi connectivity index (χ1n) is 8.54. The van der Waals surface area contributed by atoms with E-state index >= 15 is 0 Å². The zero-order chi connectivity index (χ0) is 18.1. The van der Waals surface area contributed by atoms with Gasteiger partial charge in [0.05, 0.1) is 22.6 Å². The summed E-state index contributed by atoms with van der Waals surface area (Å²) in [6.07, 6.45) is 1.77. The molecule has 0 radical (unpaired) electrons. The molecule has 1 atom stereocenters. The van der Waals surface area contributed by atoms with Crippen LogP contribution < -0.4 is 5.56 Å². The molecule has 130 valence electrons. The summed E-state index contributed by atoms with van der Waals surface area (Å²) in [7, 11) is 3.84. The van der Waals surface area contributed by atoms with E-state index in [-0.39, 0.29) is 11.6 Å². The van der Waals surface area contributed by atoms with Crippen molar-refractivity contribution in [1.82, 2.24) is 19.4 Å². The van der Waals surface area contributed by atoms with Gasteiger partial charge in [0.15, 0.2) is 0 Å². The molecule has 5 heteroatoms. The fourth-order valence-corrected chi connectivity index (χ4v) is 2.98. The van der Waals surface area contributed by atoms with Crippen molar-refractivity contribution in [1.29, 1.82) is 0 Å². The molecular weight excluding hydrogens is 312 g/mol. The summed E-state index contributed by atoms with van der Waals surface area (Å²) in [5.41, 5.74) is 2.53. The van der Waals surface area contributed by atoms with Gasteiger partial charge in [-0.05, 0) is 52.1 Å². The molecule has 5 nitrogen and oxygen atoms in total. The average molecular weight is 336 g/mol. The van der Waals surface area contributed by atoms with Gasteiger partial charge < -0.3 is 0 Å². The van der Waals surface area contributed by atoms with Gasteiger partial charge in [0.1, 0.15) is 5.82 Å². The molecule has 0 N–H and O–H groups in total. The third kappa shape index (κ3) is 3.20. The van der Waals surface area contributed by atoms with Crippen molar-refractivity contribution in [3.8, 4) is 11.3 Å². The van der Waals surface area contributed by atoms with Crippen molar-refractivity contribution < 1.29 is 0 Å². The normalized spacial score (nSPS) is 12.9. The maximum atomic E-state index is 12.8. The molecule has 2 aromatic heterocycles. The van der Waals surface area contributed by atoms with Crippen LogP contribution in [0.2, 0.25) is 0 Å². The molecule has 1 aromatic carbocycles. The largest absolute Gasteiger partial charge is 0.298 e. The number of rotatable bonds is 4. The van der Waals surface area contributed by atoms with Crippen LogP contribution in [0.3, 0.4) is 0 Å². The summed E-state index contributed by atoms with van der Waals surface area (Å²) in [5.74, 6) is 0.770. The third-order valence-corrected chi connectivity index (χ3v) is 4.87. The summed E-state index contributed by atoms with van der Waals surface area (Å²) in [6.45, 7) is 6.35. The van der Waals surface area contributed by atoms with Crippen LogP contribution in [-0.4, -0.2) is 32.5 Å². The lowest BCUT2D eigenvalue weighted by Gasteiger charge is -2.29. The van der Waals surface area contributed by atoms with Crippen LogP contribution in [-0.2, 0) is 7.05 Å². The lowest BCUT2D eigenvalue weighted by molar-refractivity contribution is 0.199. The summed E-state index contributed by atoms with van der Waals surface area (Å²) < 4.78 is 1.66. The smallest absolute Gasteiger partial charge is 0.261 e. The van der Waals surface area contributed by atoms with Gasteiger partial charge in [-0.1, -0.05) is 12.1 Å². The minimum atomic E-state index is -0.0171. The van der Waals surface area contributed by atoms with E-state index in [0.717, 1.165) is 17.1 Å². The van der Waals surface area contributed by atoms with E-state index in [4.69, 9.17) is 4.98 Å². The Hall–Kier alpha value is -2.53. The van der Waals surface area contributed by atoms with E-state index < -0.39 is 0 Å². The zero-order valence-electron chi connectivity index (χ0n) is 15.4. The molecule has 0 fully saturated rings. The van der Waals surface area contributed by atoms with Crippen molar-refractivity contribution >= 4 is 10.9 Å². The first kappa shape index (κ1) is 17.3. The molecule has 0 spiro atoms. The van der Waals surface area contributed by atoms with E-state index in [1.54, 1.807) is 17.8 Å². The SMILES string of the molecule is CC(C)N(C)C(C)c1nc2cc(-c3ccccn3)ccc2c(=O)n1C. The Morgan fingerprint density at radius 1 is 1.12 bits per heavy atom. The highest BCUT2D eigenvalue weighted by molar-refractivity contribution is 5.83. The summed E-state index contributed by atoms with van der Waals surface area (Å²) >= 11 is 0. The Labute approximate surface area is 148 Å². The van der Waals surface area contributed by atoms with Crippen LogP contribution in [0, 0.1) is 0 Å². The maximum absolute atomic E-state index is 12.8. The topological polar surface area (TPSA) is 51.0 Å². The van der Waals surface area contributed by atoms with Gasteiger partial charge in [-0.25, -0.2) is 4.98 Å². The number of pyridine rings is 1. The van der Waals surface area contributed by atoms with Gasteiger partial charge in [-0.15, -0.1) is 0 Å². The van der Waals surface area contributed by atoms with Gasteiger partial charge in [0.25, 0.3) is 5.56 Å². The average Bonchev–Trinajstić information content (AvgIpc) is 2.63. The van der Waals surface area contributed by atoms with E-state index in [9.17, 15) is 4.79 Å². The van der Waals surface area contributed by atoms with Gasteiger partial charge in [-0.2, -0.15) is 0 Å². The molecule has 1 unspecified atom stereocenters. The lowest BCUT2D eigenvalue weighted by atomic mass is 10.1. The van der Waals surface area contributed by atoms with E-state index in [2.05, 4.69) is 37.7 Å². The molecule has 0 saturated heterocycles. The second-order valence-electron chi connectivity index (χ2n) is 6.72. The van der Waals surface area contributed by atoms with E-state index in [1.165, 1.54) is 0 Å². The number of hydrogen-bond donors (Lipinski definition) is 0. The molecule has 0 saturated carbocycles. The van der Waals surface area contributed by atoms with E-state index in [1.807, 2.05) is 36.4 Å². The fraction of sp³-hybridized carbons (Fsp3) is 0.350. The predicted octanol–water partition coefficient (Wildman–Crippen LogP) is 3.40. The van der Waals surface area contributed by atoms with Crippen LogP contribution >= 0.6 is 0 Å². The number of aromatic nitrogens is 3. The van der Waals surface area contributed by atoms with E-state index in [0.29, 0.717) is 16.9 Å². The molecule has 0 amide bonds. The first-order valence-corrected chi connectivity index (χ1v) is 8.54. The molecule has 0 aliphatic rings. The van der Waals surface area contributed by atoms with Gasteiger partial charge in [0, 0.05) is 24.8 Å². The van der Waals surface area contributed by atoms with Crippen molar-refractivity contribution in [3.63, 3.8) is 0 Å². The quantitative estimate of drug-likeness (QED) is 0.733. The van der Waals surface area contributed by atoms with Gasteiger partial charge in [0.2, 0.25) is 0 Å². The summed E-state index contributed by atoms with van der Waals surface area (Å²) in [4.78, 5) is 24.2. The fourth-order valence-electron chi connectivity index (χ4n) is 2.98. The van der Waals surface area contributed by atoms with Crippen LogP contribution in [0.5, 0.6) is 0 Å².